The van der Waals surface area contributed by atoms with E-state index in [9.17, 15) is 4.79 Å². The van der Waals surface area contributed by atoms with Crippen LogP contribution in [0.25, 0.3) is 0 Å². The molecule has 6 heteroatoms. The molecule has 0 saturated heterocycles. The van der Waals surface area contributed by atoms with Gasteiger partial charge in [-0.1, -0.05) is 6.07 Å². The van der Waals surface area contributed by atoms with Crippen LogP contribution in [0.3, 0.4) is 0 Å². The number of pyridine rings is 3. The summed E-state index contributed by atoms with van der Waals surface area (Å²) in [6.07, 6.45) is 8.71. The Kier molecular flexibility index (Phi) is 4.83. The summed E-state index contributed by atoms with van der Waals surface area (Å²) in [6, 6.07) is 10.1. The van der Waals surface area contributed by atoms with Crippen LogP contribution in [-0.4, -0.2) is 26.6 Å². The molecule has 4 heterocycles. The fraction of sp³-hybridized carbons (Fsp3) is 0.292. The van der Waals surface area contributed by atoms with Crippen LogP contribution in [0, 0.1) is 6.92 Å². The molecule has 3 aromatic heterocycles. The molecule has 0 fully saturated rings. The average Bonchev–Trinajstić information content (AvgIpc) is 3.17. The zero-order valence-corrected chi connectivity index (χ0v) is 16.9. The van der Waals surface area contributed by atoms with Crippen LogP contribution in [0.1, 0.15) is 58.2 Å². The third-order valence-electron chi connectivity index (χ3n) is 5.76. The first-order valence-electron chi connectivity index (χ1n) is 10.4. The second-order valence-electron chi connectivity index (χ2n) is 7.91. The van der Waals surface area contributed by atoms with E-state index in [1.807, 2.05) is 43.6 Å². The SMILES string of the molecule is Cc1cc(C2=NCc3cc(CC(=O)N[C@@H]4CCCc5ncccc54)ncc32)ccn1. The lowest BCUT2D eigenvalue weighted by Crippen LogP contribution is -2.32. The smallest absolute Gasteiger partial charge is 0.226 e. The van der Waals surface area contributed by atoms with Gasteiger partial charge in [-0.25, -0.2) is 0 Å². The lowest BCUT2D eigenvalue weighted by molar-refractivity contribution is -0.121. The van der Waals surface area contributed by atoms with E-state index < -0.39 is 0 Å². The minimum Gasteiger partial charge on any atom is -0.349 e. The van der Waals surface area contributed by atoms with Gasteiger partial charge in [-0.05, 0) is 61.6 Å². The Morgan fingerprint density at radius 1 is 1.17 bits per heavy atom. The van der Waals surface area contributed by atoms with Crippen molar-refractivity contribution in [2.75, 3.05) is 0 Å². The largest absolute Gasteiger partial charge is 0.349 e. The topological polar surface area (TPSA) is 80.1 Å². The first-order chi connectivity index (χ1) is 14.7. The molecule has 0 bridgehead atoms. The molecular weight excluding hydrogens is 374 g/mol. The van der Waals surface area contributed by atoms with E-state index in [1.165, 1.54) is 0 Å². The maximum absolute atomic E-state index is 12.7. The number of aromatic nitrogens is 3. The number of aryl methyl sites for hydroxylation is 2. The van der Waals surface area contributed by atoms with E-state index in [0.717, 1.165) is 64.3 Å². The number of fused-ring (bicyclic) bond motifs is 2. The highest BCUT2D eigenvalue weighted by molar-refractivity contribution is 6.15. The average molecular weight is 397 g/mol. The highest BCUT2D eigenvalue weighted by atomic mass is 16.1. The van der Waals surface area contributed by atoms with Crippen LogP contribution in [0.5, 0.6) is 0 Å². The Bertz CT molecular complexity index is 1150. The fourth-order valence-corrected chi connectivity index (χ4v) is 4.34. The van der Waals surface area contributed by atoms with Gasteiger partial charge in [0.15, 0.2) is 0 Å². The van der Waals surface area contributed by atoms with Crippen LogP contribution in [0.15, 0.2) is 53.9 Å². The van der Waals surface area contributed by atoms with E-state index in [2.05, 4.69) is 26.3 Å². The molecule has 0 saturated carbocycles. The van der Waals surface area contributed by atoms with Gasteiger partial charge in [-0.2, -0.15) is 0 Å². The summed E-state index contributed by atoms with van der Waals surface area (Å²) in [5.41, 5.74) is 8.13. The number of aliphatic imine (C=N–C) groups is 1. The standard InChI is InChI=1S/C24H23N5O/c1-15-10-16(7-9-25-15)24-20-14-27-18(11-17(20)13-28-24)12-23(30)29-22-6-2-5-21-19(22)4-3-8-26-21/h3-4,7-11,14,22H,2,5-6,12-13H2,1H3,(H,29,30)/t22-/m1/s1. The zero-order chi connectivity index (χ0) is 20.5. The van der Waals surface area contributed by atoms with Crippen LogP contribution in [0.4, 0.5) is 0 Å². The molecule has 150 valence electrons. The third kappa shape index (κ3) is 3.61. The Morgan fingerprint density at radius 2 is 2.10 bits per heavy atom. The van der Waals surface area contributed by atoms with Crippen molar-refractivity contribution in [3.8, 4) is 0 Å². The van der Waals surface area contributed by atoms with E-state index >= 15 is 0 Å². The Hall–Kier alpha value is -3.41. The minimum atomic E-state index is -0.00643. The molecule has 0 unspecified atom stereocenters. The fourth-order valence-electron chi connectivity index (χ4n) is 4.34. The molecule has 6 nitrogen and oxygen atoms in total. The normalized spacial score (nSPS) is 17.1. The van der Waals surface area contributed by atoms with Crippen molar-refractivity contribution in [1.29, 1.82) is 0 Å². The highest BCUT2D eigenvalue weighted by Crippen LogP contribution is 2.28. The molecule has 2 aliphatic rings. The maximum Gasteiger partial charge on any atom is 0.226 e. The lowest BCUT2D eigenvalue weighted by Gasteiger charge is -2.25. The molecule has 3 aromatic rings. The maximum atomic E-state index is 12.7. The second-order valence-corrected chi connectivity index (χ2v) is 7.91. The summed E-state index contributed by atoms with van der Waals surface area (Å²) >= 11 is 0. The number of carbonyl (C=O) groups is 1. The molecule has 0 aromatic carbocycles. The number of amides is 1. The predicted octanol–water partition coefficient (Wildman–Crippen LogP) is 3.27. The number of carbonyl (C=O) groups excluding carboxylic acids is 1. The van der Waals surface area contributed by atoms with Crippen molar-refractivity contribution >= 4 is 11.6 Å². The van der Waals surface area contributed by atoms with Crippen LogP contribution < -0.4 is 5.32 Å². The summed E-state index contributed by atoms with van der Waals surface area (Å²) in [4.78, 5) is 30.7. The number of hydrogen-bond acceptors (Lipinski definition) is 5. The van der Waals surface area contributed by atoms with Crippen molar-refractivity contribution in [3.63, 3.8) is 0 Å². The van der Waals surface area contributed by atoms with Gasteiger partial charge in [0.2, 0.25) is 5.91 Å². The Morgan fingerprint density at radius 3 is 3.00 bits per heavy atom. The molecule has 0 radical (unpaired) electrons. The van der Waals surface area contributed by atoms with Gasteiger partial charge < -0.3 is 5.32 Å². The van der Waals surface area contributed by atoms with Gasteiger partial charge >= 0.3 is 0 Å². The molecule has 0 spiro atoms. The van der Waals surface area contributed by atoms with Crippen molar-refractivity contribution < 1.29 is 4.79 Å². The second kappa shape index (κ2) is 7.78. The van der Waals surface area contributed by atoms with E-state index in [0.29, 0.717) is 6.54 Å². The summed E-state index contributed by atoms with van der Waals surface area (Å²) in [5.74, 6) is -0.00643. The Balaban J connectivity index is 1.29. The van der Waals surface area contributed by atoms with Gasteiger partial charge in [-0.3, -0.25) is 24.7 Å². The van der Waals surface area contributed by atoms with Gasteiger partial charge in [0.05, 0.1) is 30.4 Å². The monoisotopic (exact) mass is 397 g/mol. The molecular formula is C24H23N5O. The number of rotatable bonds is 4. The first kappa shape index (κ1) is 18.6. The van der Waals surface area contributed by atoms with E-state index in [-0.39, 0.29) is 18.4 Å². The van der Waals surface area contributed by atoms with Gasteiger partial charge in [0.25, 0.3) is 0 Å². The van der Waals surface area contributed by atoms with Crippen molar-refractivity contribution in [1.82, 2.24) is 20.3 Å². The Labute approximate surface area is 175 Å². The van der Waals surface area contributed by atoms with E-state index in [1.54, 1.807) is 6.20 Å². The molecule has 5 rings (SSSR count). The summed E-state index contributed by atoms with van der Waals surface area (Å²) < 4.78 is 0. The van der Waals surface area contributed by atoms with Gasteiger partial charge in [0.1, 0.15) is 0 Å². The number of nitrogens with one attached hydrogen (secondary N) is 1. The van der Waals surface area contributed by atoms with Gasteiger partial charge in [0, 0.05) is 41.1 Å². The third-order valence-corrected chi connectivity index (χ3v) is 5.76. The minimum absolute atomic E-state index is 0.00643. The van der Waals surface area contributed by atoms with Crippen molar-refractivity contribution in [3.05, 3.63) is 88.3 Å². The highest BCUT2D eigenvalue weighted by Gasteiger charge is 2.23. The zero-order valence-electron chi connectivity index (χ0n) is 16.9. The quantitative estimate of drug-likeness (QED) is 0.733. The van der Waals surface area contributed by atoms with E-state index in [4.69, 9.17) is 4.99 Å². The molecule has 1 N–H and O–H groups in total. The molecule has 1 amide bonds. The predicted molar refractivity (Wildman–Crippen MR) is 114 cm³/mol. The van der Waals surface area contributed by atoms with Crippen LogP contribution in [0.2, 0.25) is 0 Å². The molecule has 1 atom stereocenters. The summed E-state index contributed by atoms with van der Waals surface area (Å²) in [5, 5.41) is 3.18. The molecule has 30 heavy (non-hydrogen) atoms. The lowest BCUT2D eigenvalue weighted by atomic mass is 9.91. The molecule has 1 aliphatic carbocycles. The van der Waals surface area contributed by atoms with Crippen LogP contribution in [-0.2, 0) is 24.2 Å². The number of hydrogen-bond donors (Lipinski definition) is 1. The van der Waals surface area contributed by atoms with Crippen LogP contribution >= 0.6 is 0 Å². The van der Waals surface area contributed by atoms with Crippen molar-refractivity contribution in [2.24, 2.45) is 4.99 Å². The summed E-state index contributed by atoms with van der Waals surface area (Å²) in [6.45, 7) is 2.59. The van der Waals surface area contributed by atoms with Gasteiger partial charge in [-0.15, -0.1) is 0 Å². The number of nitrogens with zero attached hydrogens (tertiary/aromatic N) is 4. The van der Waals surface area contributed by atoms with Crippen molar-refractivity contribution in [2.45, 2.75) is 45.2 Å². The molecule has 1 aliphatic heterocycles. The summed E-state index contributed by atoms with van der Waals surface area (Å²) in [7, 11) is 0. The first-order valence-corrected chi connectivity index (χ1v) is 10.4.